The summed E-state index contributed by atoms with van der Waals surface area (Å²) in [5.74, 6) is -2.67. The van der Waals surface area contributed by atoms with Crippen molar-refractivity contribution in [3.8, 4) is 0 Å². The van der Waals surface area contributed by atoms with Crippen LogP contribution >= 0.6 is 0 Å². The maximum Gasteiger partial charge on any atom is 0.451 e. The summed E-state index contributed by atoms with van der Waals surface area (Å²) in [7, 11) is -1.64. The first-order valence-electron chi connectivity index (χ1n) is 13.2. The Bertz CT molecular complexity index is 931. The van der Waals surface area contributed by atoms with Gasteiger partial charge in [0.15, 0.2) is 11.5 Å². The number of hydrogen-bond donors (Lipinski definition) is 7. The lowest BCUT2D eigenvalue weighted by atomic mass is 9.75. The average Bonchev–Trinajstić information content (AvgIpc) is 2.76. The zero-order valence-electron chi connectivity index (χ0n) is 24.2. The van der Waals surface area contributed by atoms with Crippen molar-refractivity contribution in [3.05, 3.63) is 0 Å². The number of carbonyl (C=O) groups is 4. The number of ether oxygens (including phenoxy) is 2. The van der Waals surface area contributed by atoms with Crippen LogP contribution in [-0.4, -0.2) is 99.6 Å². The maximum absolute atomic E-state index is 13.8. The number of nitrogens with zero attached hydrogens (tertiary/aromatic N) is 2. The van der Waals surface area contributed by atoms with E-state index in [0.717, 1.165) is 0 Å². The highest BCUT2D eigenvalue weighted by molar-refractivity contribution is 6.40. The van der Waals surface area contributed by atoms with E-state index in [0.29, 0.717) is 6.42 Å². The Labute approximate surface area is 235 Å². The van der Waals surface area contributed by atoms with Gasteiger partial charge < -0.3 is 51.6 Å². The van der Waals surface area contributed by atoms with Crippen molar-refractivity contribution in [2.24, 2.45) is 22.4 Å². The summed E-state index contributed by atoms with van der Waals surface area (Å²) in [6, 6.07) is -1.13. The van der Waals surface area contributed by atoms with E-state index in [1.165, 1.54) is 4.90 Å². The molecule has 0 unspecified atom stereocenters. The lowest BCUT2D eigenvalue weighted by Gasteiger charge is -2.45. The van der Waals surface area contributed by atoms with Crippen LogP contribution < -0.4 is 22.1 Å². The molecule has 0 aromatic carbocycles. The van der Waals surface area contributed by atoms with Gasteiger partial charge in [-0.05, 0) is 73.0 Å². The molecule has 0 aromatic heterocycles. The molecule has 0 aromatic rings. The number of likely N-dealkylation sites (tertiary alicyclic amines) is 1. The quantitative estimate of drug-likeness (QED) is 0.0752. The number of carbonyl (C=O) groups excluding carboxylic acids is 3. The molecular formula is C24H45BN6O9. The topological polar surface area (TPSA) is 239 Å². The van der Waals surface area contributed by atoms with Crippen LogP contribution in [0.5, 0.6) is 0 Å². The highest BCUT2D eigenvalue weighted by Crippen LogP contribution is 2.31. The highest BCUT2D eigenvalue weighted by atomic mass is 16.6. The van der Waals surface area contributed by atoms with Gasteiger partial charge in [0.2, 0.25) is 5.91 Å². The third-order valence-corrected chi connectivity index (χ3v) is 5.81. The van der Waals surface area contributed by atoms with Crippen molar-refractivity contribution in [1.29, 1.82) is 0 Å². The summed E-state index contributed by atoms with van der Waals surface area (Å²) in [4.78, 5) is 56.7. The number of alkyl carbamates (subject to hydrolysis) is 2. The molecule has 15 nitrogen and oxygen atoms in total. The van der Waals surface area contributed by atoms with Crippen LogP contribution in [0.15, 0.2) is 4.99 Å². The second-order valence-electron chi connectivity index (χ2n) is 12.0. The lowest BCUT2D eigenvalue weighted by Crippen LogP contribution is -2.67. The van der Waals surface area contributed by atoms with Crippen LogP contribution in [0.2, 0.25) is 6.32 Å². The zero-order valence-corrected chi connectivity index (χ0v) is 24.2. The van der Waals surface area contributed by atoms with E-state index in [9.17, 15) is 34.3 Å². The van der Waals surface area contributed by atoms with E-state index in [4.69, 9.17) is 20.9 Å². The van der Waals surface area contributed by atoms with E-state index in [-0.39, 0.29) is 44.6 Å². The summed E-state index contributed by atoms with van der Waals surface area (Å²) in [5.41, 5.74) is 7.04. The van der Waals surface area contributed by atoms with Gasteiger partial charge in [-0.25, -0.2) is 14.4 Å². The fraction of sp³-hybridized carbons (Fsp3) is 0.792. The Balaban J connectivity index is 3.33. The first kappa shape index (κ1) is 34.8. The van der Waals surface area contributed by atoms with Crippen molar-refractivity contribution in [2.45, 2.75) is 96.3 Å². The molecular weight excluding hydrogens is 527 g/mol. The van der Waals surface area contributed by atoms with E-state index >= 15 is 0 Å². The van der Waals surface area contributed by atoms with Gasteiger partial charge in [0.05, 0.1) is 6.54 Å². The van der Waals surface area contributed by atoms with Crippen LogP contribution in [0, 0.1) is 5.92 Å². The normalized spacial score (nSPS) is 20.1. The van der Waals surface area contributed by atoms with Crippen LogP contribution in [0.3, 0.4) is 0 Å². The summed E-state index contributed by atoms with van der Waals surface area (Å²) in [6.07, 6.45) is -1.43. The van der Waals surface area contributed by atoms with Crippen LogP contribution in [-0.2, 0) is 19.1 Å². The number of amides is 3. The third-order valence-electron chi connectivity index (χ3n) is 5.81. The Kier molecular flexibility index (Phi) is 12.5. The first-order chi connectivity index (χ1) is 18.2. The molecule has 1 saturated heterocycles. The number of rotatable bonds is 11. The third kappa shape index (κ3) is 12.7. The van der Waals surface area contributed by atoms with Gasteiger partial charge in [-0.2, -0.15) is 0 Å². The molecule has 9 N–H and O–H groups in total. The molecule has 16 heteroatoms. The minimum atomic E-state index is -1.93. The molecule has 40 heavy (non-hydrogen) atoms. The second kappa shape index (κ2) is 14.4. The molecule has 3 atom stereocenters. The van der Waals surface area contributed by atoms with E-state index in [2.05, 4.69) is 15.6 Å². The fourth-order valence-electron chi connectivity index (χ4n) is 4.30. The number of nitrogens with two attached hydrogens (primary N) is 2. The molecule has 1 rings (SSSR count). The Hall–Kier alpha value is -3.27. The molecule has 1 aliphatic rings. The monoisotopic (exact) mass is 572 g/mol. The van der Waals surface area contributed by atoms with Crippen molar-refractivity contribution in [3.63, 3.8) is 0 Å². The highest BCUT2D eigenvalue weighted by Gasteiger charge is 2.49. The number of nitrogens with one attached hydrogen (secondary N) is 2. The van der Waals surface area contributed by atoms with Crippen LogP contribution in [0.25, 0.3) is 0 Å². The van der Waals surface area contributed by atoms with Gasteiger partial charge in [0.25, 0.3) is 0 Å². The predicted molar refractivity (Wildman–Crippen MR) is 147 cm³/mol. The van der Waals surface area contributed by atoms with Gasteiger partial charge in [-0.3, -0.25) is 9.79 Å². The number of guanidine groups is 1. The van der Waals surface area contributed by atoms with Gasteiger partial charge in [-0.1, -0.05) is 6.42 Å². The molecule has 228 valence electrons. The van der Waals surface area contributed by atoms with E-state index in [1.54, 1.807) is 41.5 Å². The number of aliphatic imine (C=N–C) groups is 1. The molecule has 3 amide bonds. The number of hydrogen-bond acceptors (Lipinski definition) is 9. The number of aliphatic carboxylic acids is 1. The lowest BCUT2D eigenvalue weighted by molar-refractivity contribution is -0.152. The summed E-state index contributed by atoms with van der Waals surface area (Å²) in [6.45, 7) is 9.67. The van der Waals surface area contributed by atoms with E-state index < -0.39 is 66.4 Å². The minimum Gasteiger partial charge on any atom is -0.479 e. The molecule has 0 aliphatic carbocycles. The second-order valence-corrected chi connectivity index (χ2v) is 12.0. The maximum atomic E-state index is 13.8. The fourth-order valence-corrected chi connectivity index (χ4v) is 4.30. The zero-order chi connectivity index (χ0) is 30.9. The van der Waals surface area contributed by atoms with Crippen molar-refractivity contribution in [1.82, 2.24) is 15.5 Å². The molecule has 1 aliphatic heterocycles. The van der Waals surface area contributed by atoms with Gasteiger partial charge in [0.1, 0.15) is 17.2 Å². The van der Waals surface area contributed by atoms with Gasteiger partial charge in [0, 0.05) is 13.1 Å². The summed E-state index contributed by atoms with van der Waals surface area (Å²) < 4.78 is 10.6. The van der Waals surface area contributed by atoms with Crippen molar-refractivity contribution < 1.29 is 43.8 Å². The number of carboxylic acids is 1. The first-order valence-corrected chi connectivity index (χ1v) is 13.2. The Morgan fingerprint density at radius 1 is 1.07 bits per heavy atom. The van der Waals surface area contributed by atoms with Crippen LogP contribution in [0.4, 0.5) is 9.59 Å². The minimum absolute atomic E-state index is 0.0526. The molecule has 1 heterocycles. The number of carboxylic acid groups (broad SMARTS) is 1. The molecule has 0 spiro atoms. The van der Waals surface area contributed by atoms with Crippen molar-refractivity contribution >= 4 is 37.1 Å². The average molecular weight is 572 g/mol. The van der Waals surface area contributed by atoms with Crippen molar-refractivity contribution in [2.75, 3.05) is 19.6 Å². The van der Waals surface area contributed by atoms with E-state index in [1.807, 2.05) is 0 Å². The smallest absolute Gasteiger partial charge is 0.451 e. The SMILES string of the molecule is CC(C)(C)OC(=O)N[C@@H](CCCN=C(N)N)C(=O)N1C[C@@H](CCB(O)O)C[C@](NC(=O)OC(C)(C)C)(C(=O)O)C1. The molecule has 0 saturated carbocycles. The molecule has 1 fully saturated rings. The number of piperidine rings is 1. The Morgan fingerprint density at radius 3 is 2.15 bits per heavy atom. The standard InChI is InChI=1S/C24H45BN6O9/c1-22(2,3)39-20(35)29-16(8-7-11-28-19(26)27)17(32)31-13-15(9-10-25(37)38)12-24(14-31,18(33)34)30-21(36)40-23(4,5)6/h15-16,37-38H,7-14H2,1-6H3,(H,29,35)(H,30,36)(H,33,34)(H4,26,27,28)/t15-,16-,24+/m0/s1. The Morgan fingerprint density at radius 2 is 1.65 bits per heavy atom. The molecule has 0 bridgehead atoms. The van der Waals surface area contributed by atoms with Gasteiger partial charge in [-0.15, -0.1) is 0 Å². The largest absolute Gasteiger partial charge is 0.479 e. The predicted octanol–water partition coefficient (Wildman–Crippen LogP) is -0.00720. The summed E-state index contributed by atoms with van der Waals surface area (Å²) in [5, 5.41) is 34.0. The summed E-state index contributed by atoms with van der Waals surface area (Å²) >= 11 is 0. The molecule has 0 radical (unpaired) electrons. The van der Waals surface area contributed by atoms with Crippen LogP contribution in [0.1, 0.15) is 67.2 Å². The van der Waals surface area contributed by atoms with Gasteiger partial charge >= 0.3 is 25.3 Å².